The van der Waals surface area contributed by atoms with Gasteiger partial charge in [0, 0.05) is 33.5 Å². The van der Waals surface area contributed by atoms with Crippen molar-refractivity contribution in [2.45, 2.75) is 0 Å². The summed E-state index contributed by atoms with van der Waals surface area (Å²) >= 11 is 0. The standard InChI is InChI=1S/C58H40N2/c1-4-14-41(15-5-1)43-26-33-48(34-27-43)59(49-35-28-44(29-36-49)42-16-6-2-7-17-42)50-37-30-45(31-38-50)51-21-12-24-54-52(22-13-23-53(51)54)46-32-39-58-56(40-46)55-20-10-11-25-57(55)60(58)47-18-8-3-9-19-47/h1-40H/i11D,32D. The molecule has 0 aliphatic heterocycles. The molecule has 282 valence electrons. The Hall–Kier alpha value is -7.94. The van der Waals surface area contributed by atoms with Gasteiger partial charge in [-0.25, -0.2) is 0 Å². The molecule has 0 saturated heterocycles. The molecule has 60 heavy (non-hydrogen) atoms. The van der Waals surface area contributed by atoms with Crippen LogP contribution in [0, 0.1) is 0 Å². The summed E-state index contributed by atoms with van der Waals surface area (Å²) in [6, 6.07) is 81.6. The van der Waals surface area contributed by atoms with Crippen molar-refractivity contribution in [3.63, 3.8) is 0 Å². The van der Waals surface area contributed by atoms with Crippen molar-refractivity contribution in [1.82, 2.24) is 4.57 Å². The molecule has 0 radical (unpaired) electrons. The zero-order valence-corrected chi connectivity index (χ0v) is 32.8. The van der Waals surface area contributed by atoms with Crippen LogP contribution in [0.3, 0.4) is 0 Å². The average molecular weight is 767 g/mol. The molecule has 0 atom stereocenters. The van der Waals surface area contributed by atoms with Crippen molar-refractivity contribution in [3.8, 4) is 50.2 Å². The largest absolute Gasteiger partial charge is 0.311 e. The maximum atomic E-state index is 9.42. The topological polar surface area (TPSA) is 8.17 Å². The van der Waals surface area contributed by atoms with Gasteiger partial charge in [0.05, 0.1) is 13.8 Å². The van der Waals surface area contributed by atoms with Crippen LogP contribution >= 0.6 is 0 Å². The zero-order valence-electron chi connectivity index (χ0n) is 34.8. The second kappa shape index (κ2) is 15.1. The lowest BCUT2D eigenvalue weighted by Gasteiger charge is -2.26. The molecule has 11 rings (SSSR count). The molecule has 1 aromatic heterocycles. The number of hydrogen-bond acceptors (Lipinski definition) is 1. The Balaban J connectivity index is 0.986. The van der Waals surface area contributed by atoms with Gasteiger partial charge in [-0.1, -0.05) is 176 Å². The number of hydrogen-bond donors (Lipinski definition) is 0. The van der Waals surface area contributed by atoms with Gasteiger partial charge in [0.25, 0.3) is 0 Å². The van der Waals surface area contributed by atoms with Gasteiger partial charge in [0.15, 0.2) is 0 Å². The van der Waals surface area contributed by atoms with E-state index in [1.165, 1.54) is 22.3 Å². The Morgan fingerprint density at radius 2 is 0.767 bits per heavy atom. The minimum atomic E-state index is 0.458. The molecule has 0 aliphatic rings. The van der Waals surface area contributed by atoms with Gasteiger partial charge in [0.2, 0.25) is 0 Å². The summed E-state index contributed by atoms with van der Waals surface area (Å²) in [6.07, 6.45) is 0. The summed E-state index contributed by atoms with van der Waals surface area (Å²) in [5.74, 6) is 0. The van der Waals surface area contributed by atoms with Crippen LogP contribution in [0.15, 0.2) is 243 Å². The molecule has 0 fully saturated rings. The molecule has 2 heteroatoms. The van der Waals surface area contributed by atoms with Crippen molar-refractivity contribution in [3.05, 3.63) is 243 Å². The molecule has 0 aliphatic carbocycles. The Bertz CT molecular complexity index is 3300. The fourth-order valence-corrected chi connectivity index (χ4v) is 8.76. The summed E-state index contributed by atoms with van der Waals surface area (Å²) in [5, 5.41) is 4.36. The van der Waals surface area contributed by atoms with Gasteiger partial charge in [-0.15, -0.1) is 0 Å². The molecule has 0 spiro atoms. The number of nitrogens with zero attached hydrogens (tertiary/aromatic N) is 2. The van der Waals surface area contributed by atoms with E-state index in [0.29, 0.717) is 12.1 Å². The average Bonchev–Trinajstić information content (AvgIpc) is 3.64. The van der Waals surface area contributed by atoms with E-state index < -0.39 is 0 Å². The quantitative estimate of drug-likeness (QED) is 0.150. The number of anilines is 3. The lowest BCUT2D eigenvalue weighted by atomic mass is 9.92. The molecule has 0 saturated carbocycles. The molecule has 0 bridgehead atoms. The highest BCUT2D eigenvalue weighted by Gasteiger charge is 2.17. The van der Waals surface area contributed by atoms with E-state index in [-0.39, 0.29) is 0 Å². The third-order valence-electron chi connectivity index (χ3n) is 11.7. The van der Waals surface area contributed by atoms with E-state index in [0.717, 1.165) is 77.6 Å². The van der Waals surface area contributed by atoms with E-state index in [1.54, 1.807) is 0 Å². The van der Waals surface area contributed by atoms with Crippen LogP contribution in [-0.4, -0.2) is 4.57 Å². The van der Waals surface area contributed by atoms with Crippen LogP contribution in [0.2, 0.25) is 0 Å². The first-order valence-corrected chi connectivity index (χ1v) is 20.4. The third-order valence-corrected chi connectivity index (χ3v) is 11.7. The van der Waals surface area contributed by atoms with E-state index in [2.05, 4.69) is 198 Å². The van der Waals surface area contributed by atoms with Gasteiger partial charge >= 0.3 is 0 Å². The van der Waals surface area contributed by atoms with Gasteiger partial charge in [-0.05, 0) is 122 Å². The number of aromatic nitrogens is 1. The summed E-state index contributed by atoms with van der Waals surface area (Å²) in [4.78, 5) is 2.32. The van der Waals surface area contributed by atoms with Crippen molar-refractivity contribution >= 4 is 49.6 Å². The van der Waals surface area contributed by atoms with Crippen LogP contribution in [0.5, 0.6) is 0 Å². The third kappa shape index (κ3) is 6.32. The molecular weight excluding hydrogens is 725 g/mol. The van der Waals surface area contributed by atoms with Crippen LogP contribution in [-0.2, 0) is 0 Å². The minimum Gasteiger partial charge on any atom is -0.311 e. The fourth-order valence-electron chi connectivity index (χ4n) is 8.76. The van der Waals surface area contributed by atoms with Crippen molar-refractivity contribution < 1.29 is 2.74 Å². The summed E-state index contributed by atoms with van der Waals surface area (Å²) in [6.45, 7) is 0. The highest BCUT2D eigenvalue weighted by atomic mass is 15.1. The normalized spacial score (nSPS) is 11.8. The number of rotatable bonds is 8. The first-order chi connectivity index (χ1) is 30.6. The van der Waals surface area contributed by atoms with Crippen LogP contribution in [0.4, 0.5) is 17.1 Å². The monoisotopic (exact) mass is 766 g/mol. The van der Waals surface area contributed by atoms with Gasteiger partial charge in [-0.3, -0.25) is 0 Å². The summed E-state index contributed by atoms with van der Waals surface area (Å²) in [7, 11) is 0. The van der Waals surface area contributed by atoms with Gasteiger partial charge < -0.3 is 9.47 Å². The maximum absolute atomic E-state index is 9.42. The lowest BCUT2D eigenvalue weighted by molar-refractivity contribution is 1.18. The molecule has 11 aromatic rings. The molecule has 2 nitrogen and oxygen atoms in total. The predicted octanol–water partition coefficient (Wildman–Crippen LogP) is 16.1. The van der Waals surface area contributed by atoms with Crippen LogP contribution < -0.4 is 4.90 Å². The fraction of sp³-hybridized carbons (Fsp3) is 0. The van der Waals surface area contributed by atoms with Crippen LogP contribution in [0.1, 0.15) is 2.74 Å². The van der Waals surface area contributed by atoms with E-state index in [9.17, 15) is 1.37 Å². The van der Waals surface area contributed by atoms with Crippen molar-refractivity contribution in [1.29, 1.82) is 0 Å². The second-order valence-electron chi connectivity index (χ2n) is 15.2. The predicted molar refractivity (Wildman–Crippen MR) is 255 cm³/mol. The SMILES string of the molecule is [2H]c1ccc2c3cc(-c4cccc5c(-c6ccc(N(c7ccc(-c8ccccc8)cc7)c7ccc(-c8ccccc8)cc7)cc6)cccc45)c([2H])cc3n(-c3ccccc3)c2c1. The van der Waals surface area contributed by atoms with Gasteiger partial charge in [-0.2, -0.15) is 0 Å². The molecule has 0 amide bonds. The Morgan fingerprint density at radius 3 is 1.32 bits per heavy atom. The van der Waals surface area contributed by atoms with Crippen molar-refractivity contribution in [2.24, 2.45) is 0 Å². The Labute approximate surface area is 353 Å². The van der Waals surface area contributed by atoms with E-state index >= 15 is 0 Å². The number of benzene rings is 10. The number of fused-ring (bicyclic) bond motifs is 4. The first-order valence-electron chi connectivity index (χ1n) is 21.4. The van der Waals surface area contributed by atoms with E-state index in [1.807, 2.05) is 42.5 Å². The summed E-state index contributed by atoms with van der Waals surface area (Å²) < 4.78 is 20.0. The summed E-state index contributed by atoms with van der Waals surface area (Å²) in [5.41, 5.74) is 15.1. The Morgan fingerprint density at radius 1 is 0.317 bits per heavy atom. The number of para-hydroxylation sites is 2. The highest BCUT2D eigenvalue weighted by Crippen LogP contribution is 2.41. The molecule has 1 heterocycles. The maximum Gasteiger partial charge on any atom is 0.0630 e. The smallest absolute Gasteiger partial charge is 0.0630 e. The molecule has 0 unspecified atom stereocenters. The van der Waals surface area contributed by atoms with Crippen LogP contribution in [0.25, 0.3) is 82.8 Å². The van der Waals surface area contributed by atoms with E-state index in [4.69, 9.17) is 1.37 Å². The minimum absolute atomic E-state index is 0.458. The van der Waals surface area contributed by atoms with Crippen molar-refractivity contribution in [2.75, 3.05) is 4.90 Å². The zero-order chi connectivity index (χ0) is 41.6. The molecular formula is C58H40N2. The second-order valence-corrected chi connectivity index (χ2v) is 15.2. The molecule has 0 N–H and O–H groups in total. The van der Waals surface area contributed by atoms with Gasteiger partial charge in [0.1, 0.15) is 0 Å². The Kier molecular flexibility index (Phi) is 8.32. The molecule has 10 aromatic carbocycles. The first kappa shape index (κ1) is 33.1. The highest BCUT2D eigenvalue weighted by molar-refractivity contribution is 6.12. The lowest BCUT2D eigenvalue weighted by Crippen LogP contribution is -2.09.